The van der Waals surface area contributed by atoms with E-state index in [1.165, 1.54) is 4.90 Å². The van der Waals surface area contributed by atoms with Crippen LogP contribution in [0.5, 0.6) is 0 Å². The van der Waals surface area contributed by atoms with Crippen molar-refractivity contribution in [2.45, 2.75) is 32.9 Å². The van der Waals surface area contributed by atoms with Crippen molar-refractivity contribution in [2.75, 3.05) is 13.1 Å². The molecule has 0 unspecified atom stereocenters. The largest absolute Gasteiger partial charge is 0.444 e. The zero-order valence-electron chi connectivity index (χ0n) is 11.0. The van der Waals surface area contributed by atoms with Crippen LogP contribution in [0.2, 0.25) is 0 Å². The number of nitrogens with zero attached hydrogens (tertiary/aromatic N) is 4. The number of hydrogen-bond donors (Lipinski definition) is 0. The van der Waals surface area contributed by atoms with E-state index in [9.17, 15) is 4.79 Å². The van der Waals surface area contributed by atoms with Crippen LogP contribution in [0.4, 0.5) is 4.79 Å². The van der Waals surface area contributed by atoms with Gasteiger partial charge in [0.25, 0.3) is 0 Å². The lowest BCUT2D eigenvalue weighted by molar-refractivity contribution is 0.0268. The van der Waals surface area contributed by atoms with E-state index in [0.717, 1.165) is 0 Å². The molecule has 1 rings (SSSR count). The van der Waals surface area contributed by atoms with E-state index in [2.05, 4.69) is 16.2 Å². The number of amides is 1. The fraction of sp³-hybridized carbons (Fsp3) is 0.583. The van der Waals surface area contributed by atoms with E-state index in [1.807, 2.05) is 20.8 Å². The first-order valence-corrected chi connectivity index (χ1v) is 5.68. The van der Waals surface area contributed by atoms with Gasteiger partial charge in [0.1, 0.15) is 5.60 Å². The number of hydrogen-bond acceptors (Lipinski definition) is 4. The molecule has 0 atom stereocenters. The Balaban J connectivity index is 2.54. The first-order valence-electron chi connectivity index (χ1n) is 5.68. The Labute approximate surface area is 107 Å². The second-order valence-corrected chi connectivity index (χ2v) is 4.77. The number of aromatic nitrogens is 3. The van der Waals surface area contributed by atoms with Crippen molar-refractivity contribution in [3.63, 3.8) is 0 Å². The number of rotatable bonds is 4. The molecule has 1 amide bonds. The van der Waals surface area contributed by atoms with Crippen LogP contribution in [0.3, 0.4) is 0 Å². The zero-order chi connectivity index (χ0) is 13.6. The second-order valence-electron chi connectivity index (χ2n) is 4.77. The van der Waals surface area contributed by atoms with Gasteiger partial charge < -0.3 is 4.74 Å². The van der Waals surface area contributed by atoms with Crippen LogP contribution >= 0.6 is 0 Å². The molecular weight excluding hydrogens is 232 g/mol. The summed E-state index contributed by atoms with van der Waals surface area (Å²) in [4.78, 5) is 13.3. The fourth-order valence-electron chi connectivity index (χ4n) is 1.25. The molecule has 0 fully saturated rings. The smallest absolute Gasteiger partial charge is 0.411 e. The van der Waals surface area contributed by atoms with E-state index in [-0.39, 0.29) is 6.54 Å². The van der Waals surface area contributed by atoms with Gasteiger partial charge in [-0.1, -0.05) is 11.1 Å². The molecule has 0 aliphatic rings. The lowest BCUT2D eigenvalue weighted by Crippen LogP contribution is -2.38. The summed E-state index contributed by atoms with van der Waals surface area (Å²) in [5.41, 5.74) is -0.531. The van der Waals surface area contributed by atoms with Gasteiger partial charge in [0, 0.05) is 12.7 Å². The summed E-state index contributed by atoms with van der Waals surface area (Å²) in [6.07, 6.45) is 8.14. The lowest BCUT2D eigenvalue weighted by atomic mass is 10.2. The van der Waals surface area contributed by atoms with E-state index in [4.69, 9.17) is 11.2 Å². The third kappa shape index (κ3) is 4.87. The minimum Gasteiger partial charge on any atom is -0.444 e. The highest BCUT2D eigenvalue weighted by atomic mass is 16.6. The molecule has 98 valence electrons. The molecule has 0 bridgehead atoms. The minimum absolute atomic E-state index is 0.212. The van der Waals surface area contributed by atoms with Gasteiger partial charge in [-0.3, -0.25) is 9.58 Å². The van der Waals surface area contributed by atoms with Gasteiger partial charge in [0.2, 0.25) is 0 Å². The predicted octanol–water partition coefficient (Wildman–Crippen LogP) is 1.15. The Kier molecular flexibility index (Phi) is 4.72. The van der Waals surface area contributed by atoms with E-state index in [1.54, 1.807) is 17.1 Å². The molecule has 0 aliphatic heterocycles. The maximum Gasteiger partial charge on any atom is 0.411 e. The lowest BCUT2D eigenvalue weighted by Gasteiger charge is -2.26. The first kappa shape index (κ1) is 14.0. The van der Waals surface area contributed by atoms with Gasteiger partial charge in [0.15, 0.2) is 0 Å². The Morgan fingerprint density at radius 2 is 2.28 bits per heavy atom. The van der Waals surface area contributed by atoms with Gasteiger partial charge in [-0.25, -0.2) is 4.79 Å². The molecule has 6 nitrogen and oxygen atoms in total. The third-order valence-corrected chi connectivity index (χ3v) is 2.00. The van der Waals surface area contributed by atoms with Crippen molar-refractivity contribution in [3.05, 3.63) is 12.4 Å². The molecule has 0 spiro atoms. The number of ether oxygens (including phenoxy) is 1. The van der Waals surface area contributed by atoms with Crippen molar-refractivity contribution in [3.8, 4) is 12.3 Å². The minimum atomic E-state index is -0.531. The Bertz CT molecular complexity index is 414. The predicted molar refractivity (Wildman–Crippen MR) is 66.7 cm³/mol. The van der Waals surface area contributed by atoms with Crippen molar-refractivity contribution in [1.82, 2.24) is 19.9 Å². The Hall–Kier alpha value is -2.03. The maximum absolute atomic E-state index is 11.9. The monoisotopic (exact) mass is 250 g/mol. The van der Waals surface area contributed by atoms with Crippen LogP contribution in [0.1, 0.15) is 20.8 Å². The molecule has 0 aliphatic carbocycles. The summed E-state index contributed by atoms with van der Waals surface area (Å²) in [6.45, 7) is 6.62. The average Bonchev–Trinajstić information content (AvgIpc) is 2.74. The summed E-state index contributed by atoms with van der Waals surface area (Å²) in [5, 5.41) is 7.51. The summed E-state index contributed by atoms with van der Waals surface area (Å²) in [6, 6.07) is 0. The van der Waals surface area contributed by atoms with Crippen LogP contribution < -0.4 is 0 Å². The molecule has 0 radical (unpaired) electrons. The van der Waals surface area contributed by atoms with Crippen molar-refractivity contribution < 1.29 is 9.53 Å². The third-order valence-electron chi connectivity index (χ3n) is 2.00. The van der Waals surface area contributed by atoms with Gasteiger partial charge in [-0.15, -0.1) is 11.5 Å². The molecule has 1 heterocycles. The highest BCUT2D eigenvalue weighted by Gasteiger charge is 2.21. The van der Waals surface area contributed by atoms with E-state index in [0.29, 0.717) is 13.1 Å². The van der Waals surface area contributed by atoms with E-state index >= 15 is 0 Å². The van der Waals surface area contributed by atoms with Crippen LogP contribution in [-0.2, 0) is 11.3 Å². The molecule has 1 aromatic heterocycles. The molecule has 0 saturated carbocycles. The van der Waals surface area contributed by atoms with Crippen molar-refractivity contribution in [2.24, 2.45) is 0 Å². The highest BCUT2D eigenvalue weighted by Crippen LogP contribution is 2.09. The Morgan fingerprint density at radius 1 is 1.56 bits per heavy atom. The number of terminal acetylenes is 1. The summed E-state index contributed by atoms with van der Waals surface area (Å²) in [7, 11) is 0. The Morgan fingerprint density at radius 3 is 2.78 bits per heavy atom. The van der Waals surface area contributed by atoms with Gasteiger partial charge in [-0.2, -0.15) is 0 Å². The normalized spacial score (nSPS) is 10.8. The van der Waals surface area contributed by atoms with Gasteiger partial charge in [-0.05, 0) is 20.8 Å². The standard InChI is InChI=1S/C12H18N4O2/c1-5-7-15(11(17)18-12(2,3)4)9-10-16-8-6-13-14-16/h1,6,8H,7,9-10H2,2-4H3. The van der Waals surface area contributed by atoms with Crippen LogP contribution in [-0.4, -0.2) is 44.7 Å². The average molecular weight is 250 g/mol. The number of carbonyl (C=O) groups excluding carboxylic acids is 1. The molecule has 18 heavy (non-hydrogen) atoms. The van der Waals surface area contributed by atoms with Gasteiger partial charge in [0.05, 0.1) is 19.3 Å². The second kappa shape index (κ2) is 6.05. The first-order chi connectivity index (χ1) is 8.42. The molecular formula is C12H18N4O2. The molecule has 1 aromatic rings. The van der Waals surface area contributed by atoms with Gasteiger partial charge >= 0.3 is 6.09 Å². The maximum atomic E-state index is 11.9. The molecule has 6 heteroatoms. The van der Waals surface area contributed by atoms with Crippen LogP contribution in [0, 0.1) is 12.3 Å². The van der Waals surface area contributed by atoms with Crippen molar-refractivity contribution >= 4 is 6.09 Å². The van der Waals surface area contributed by atoms with Crippen LogP contribution in [0.25, 0.3) is 0 Å². The van der Waals surface area contributed by atoms with Crippen LogP contribution in [0.15, 0.2) is 12.4 Å². The quantitative estimate of drug-likeness (QED) is 0.752. The molecule has 0 saturated heterocycles. The zero-order valence-corrected chi connectivity index (χ0v) is 11.0. The SMILES string of the molecule is C#CCN(CCn1ccnn1)C(=O)OC(C)(C)C. The number of carbonyl (C=O) groups is 1. The van der Waals surface area contributed by atoms with E-state index < -0.39 is 11.7 Å². The fourth-order valence-corrected chi connectivity index (χ4v) is 1.25. The van der Waals surface area contributed by atoms with Crippen molar-refractivity contribution in [1.29, 1.82) is 0 Å². The molecule has 0 aromatic carbocycles. The summed E-state index contributed by atoms with van der Waals surface area (Å²) < 4.78 is 6.90. The molecule has 0 N–H and O–H groups in total. The highest BCUT2D eigenvalue weighted by molar-refractivity contribution is 5.68. The summed E-state index contributed by atoms with van der Waals surface area (Å²) >= 11 is 0. The summed E-state index contributed by atoms with van der Waals surface area (Å²) in [5.74, 6) is 2.44. The topological polar surface area (TPSA) is 60.2 Å².